The molecule has 7 rings (SSSR count). The average Bonchev–Trinajstić information content (AvgIpc) is 3.89. The molecule has 0 spiro atoms. The van der Waals surface area contributed by atoms with Gasteiger partial charge in [-0.1, -0.05) is 43.9 Å². The molecule has 6 amide bonds. The van der Waals surface area contributed by atoms with Crippen LogP contribution in [0.2, 0.25) is 0 Å². The van der Waals surface area contributed by atoms with E-state index in [1.165, 1.54) is 18.2 Å². The first-order valence-electron chi connectivity index (χ1n) is 19.9. The van der Waals surface area contributed by atoms with Crippen molar-refractivity contribution in [2.45, 2.75) is 70.4 Å². The Morgan fingerprint density at radius 3 is 2.20 bits per heavy atom. The van der Waals surface area contributed by atoms with E-state index in [0.717, 1.165) is 54.6 Å². The third kappa shape index (κ3) is 9.52. The van der Waals surface area contributed by atoms with Crippen LogP contribution in [0.15, 0.2) is 102 Å². The fraction of sp³-hybridized carbons (Fsp3) is 0.267. The average molecular weight is 811 g/mol. The number of imide groups is 2. The molecule has 1 atom stereocenters. The van der Waals surface area contributed by atoms with Gasteiger partial charge in [-0.15, -0.1) is 0 Å². The van der Waals surface area contributed by atoms with E-state index in [2.05, 4.69) is 16.0 Å². The topological polar surface area (TPSA) is 211 Å². The van der Waals surface area contributed by atoms with Gasteiger partial charge in [-0.3, -0.25) is 49.1 Å². The zero-order valence-electron chi connectivity index (χ0n) is 32.6. The molecule has 15 nitrogen and oxygen atoms in total. The summed E-state index contributed by atoms with van der Waals surface area (Å²) in [6.45, 7) is 0.725. The van der Waals surface area contributed by atoms with E-state index < -0.39 is 34.6 Å². The number of nitro benzene ring substituents is 1. The number of amides is 6. The van der Waals surface area contributed by atoms with E-state index in [-0.39, 0.29) is 48.0 Å². The van der Waals surface area contributed by atoms with Crippen LogP contribution in [0, 0.1) is 10.1 Å². The summed E-state index contributed by atoms with van der Waals surface area (Å²) in [7, 11) is 0. The summed E-state index contributed by atoms with van der Waals surface area (Å²) in [4.78, 5) is 91.6. The molecule has 0 radical (unpaired) electrons. The molecule has 3 N–H and O–H groups in total. The number of carbonyl (C=O) groups is 6. The summed E-state index contributed by atoms with van der Waals surface area (Å²) in [5, 5.41) is 19.2. The largest absolute Gasteiger partial charge is 0.463 e. The summed E-state index contributed by atoms with van der Waals surface area (Å²) in [6, 6.07) is 24.6. The number of nitrogens with one attached hydrogen (secondary N) is 3. The van der Waals surface area contributed by atoms with Crippen LogP contribution in [-0.2, 0) is 20.9 Å². The number of hydrogen-bond donors (Lipinski definition) is 3. The van der Waals surface area contributed by atoms with Gasteiger partial charge in [-0.2, -0.15) is 0 Å². The molecule has 1 fully saturated rings. The lowest BCUT2D eigenvalue weighted by Crippen LogP contribution is -2.54. The van der Waals surface area contributed by atoms with Crippen LogP contribution in [0.25, 0.3) is 33.8 Å². The molecule has 4 heterocycles. The highest BCUT2D eigenvalue weighted by atomic mass is 16.6. The van der Waals surface area contributed by atoms with Crippen molar-refractivity contribution in [1.82, 2.24) is 25.8 Å². The smallest absolute Gasteiger partial charge is 0.269 e. The fourth-order valence-electron chi connectivity index (χ4n) is 7.30. The number of furan rings is 1. The maximum Gasteiger partial charge on any atom is 0.269 e. The van der Waals surface area contributed by atoms with Crippen molar-refractivity contribution in [3.63, 3.8) is 0 Å². The van der Waals surface area contributed by atoms with Gasteiger partial charge in [-0.05, 0) is 96.6 Å². The Balaban J connectivity index is 0.797. The number of benzene rings is 3. The van der Waals surface area contributed by atoms with Crippen molar-refractivity contribution in [3.05, 3.63) is 130 Å². The number of aromatic nitrogens is 1. The van der Waals surface area contributed by atoms with Crippen LogP contribution < -0.4 is 16.0 Å². The lowest BCUT2D eigenvalue weighted by Gasteiger charge is -2.27. The highest BCUT2D eigenvalue weighted by Crippen LogP contribution is 2.32. The van der Waals surface area contributed by atoms with Crippen molar-refractivity contribution in [3.8, 4) is 33.8 Å². The summed E-state index contributed by atoms with van der Waals surface area (Å²) in [5.74, 6) is -1.97. The minimum atomic E-state index is -1.03. The monoisotopic (exact) mass is 810 g/mol. The van der Waals surface area contributed by atoms with Gasteiger partial charge in [0.15, 0.2) is 5.76 Å². The second kappa shape index (κ2) is 18.5. The molecule has 1 saturated heterocycles. The molecule has 1 unspecified atom stereocenters. The van der Waals surface area contributed by atoms with Crippen molar-refractivity contribution < 1.29 is 38.1 Å². The SMILES string of the molecule is O=C(CCCCCCCCNC(=O)c1ccc(-c2cc(-c3ccc([N+](=O)[O-])cc3)nc(-c3ccco3)c2)cc1)NCc1ccc2c(c1)C(=O)N(C1CCC(=O)NC1=O)C2=O. The molecule has 0 saturated carbocycles. The van der Waals surface area contributed by atoms with E-state index in [1.54, 1.807) is 48.7 Å². The van der Waals surface area contributed by atoms with E-state index in [0.29, 0.717) is 46.8 Å². The van der Waals surface area contributed by atoms with E-state index in [1.807, 2.05) is 30.3 Å². The van der Waals surface area contributed by atoms with E-state index in [4.69, 9.17) is 9.40 Å². The quantitative estimate of drug-likeness (QED) is 0.0389. The predicted molar refractivity (Wildman–Crippen MR) is 219 cm³/mol. The number of piperidine rings is 1. The zero-order valence-corrected chi connectivity index (χ0v) is 32.6. The van der Waals surface area contributed by atoms with Gasteiger partial charge in [0.2, 0.25) is 17.7 Å². The fourth-order valence-corrected chi connectivity index (χ4v) is 7.30. The third-order valence-corrected chi connectivity index (χ3v) is 10.6. The first kappa shape index (κ1) is 40.9. The van der Waals surface area contributed by atoms with Gasteiger partial charge in [0.05, 0.1) is 28.0 Å². The van der Waals surface area contributed by atoms with Gasteiger partial charge in [0.25, 0.3) is 23.4 Å². The second-order valence-corrected chi connectivity index (χ2v) is 14.7. The molecule has 2 aromatic heterocycles. The number of rotatable bonds is 17. The van der Waals surface area contributed by atoms with Gasteiger partial charge in [0, 0.05) is 49.2 Å². The Labute approximate surface area is 344 Å². The molecule has 2 aliphatic heterocycles. The third-order valence-electron chi connectivity index (χ3n) is 10.6. The second-order valence-electron chi connectivity index (χ2n) is 14.7. The Kier molecular flexibility index (Phi) is 12.6. The van der Waals surface area contributed by atoms with Gasteiger partial charge >= 0.3 is 0 Å². The Morgan fingerprint density at radius 1 is 0.783 bits per heavy atom. The van der Waals surface area contributed by atoms with Crippen LogP contribution in [0.3, 0.4) is 0 Å². The van der Waals surface area contributed by atoms with Gasteiger partial charge < -0.3 is 15.1 Å². The zero-order chi connectivity index (χ0) is 42.2. The van der Waals surface area contributed by atoms with Crippen LogP contribution in [0.1, 0.15) is 94.4 Å². The molecular formula is C45H42N6O9. The van der Waals surface area contributed by atoms with Gasteiger partial charge in [0.1, 0.15) is 11.7 Å². The van der Waals surface area contributed by atoms with Gasteiger partial charge in [-0.25, -0.2) is 4.98 Å². The number of carbonyl (C=O) groups excluding carboxylic acids is 6. The standard InChI is InChI=1S/C45H42N6O9/c52-40(47-27-28-10-19-34-35(24-28)45(57)50(44(34)56)38-20-21-41(53)49-43(38)55)9-5-3-1-2-4-6-22-46-42(54)31-13-11-29(12-14-31)32-25-36(30-15-17-33(18-16-30)51(58)59)48-37(26-32)39-8-7-23-60-39/h7-8,10-19,23-26,38H,1-6,9,20-22,27H2,(H,46,54)(H,47,52)(H,49,53,55). The first-order valence-corrected chi connectivity index (χ1v) is 19.9. The minimum absolute atomic E-state index is 0.00971. The maximum atomic E-state index is 13.1. The van der Waals surface area contributed by atoms with Crippen LogP contribution in [0.5, 0.6) is 0 Å². The normalized spacial score (nSPS) is 14.8. The van der Waals surface area contributed by atoms with Crippen molar-refractivity contribution in [2.75, 3.05) is 6.54 Å². The molecule has 60 heavy (non-hydrogen) atoms. The van der Waals surface area contributed by atoms with Crippen LogP contribution in [-0.4, -0.2) is 62.8 Å². The van der Waals surface area contributed by atoms with Crippen molar-refractivity contribution in [2.24, 2.45) is 0 Å². The number of nitro groups is 1. The van der Waals surface area contributed by atoms with E-state index >= 15 is 0 Å². The highest BCUT2D eigenvalue weighted by Gasteiger charge is 2.44. The number of nitrogens with zero attached hydrogens (tertiary/aromatic N) is 3. The Bertz CT molecular complexity index is 2450. The molecule has 0 bridgehead atoms. The summed E-state index contributed by atoms with van der Waals surface area (Å²) >= 11 is 0. The van der Waals surface area contributed by atoms with Crippen LogP contribution in [0.4, 0.5) is 5.69 Å². The predicted octanol–water partition coefficient (Wildman–Crippen LogP) is 6.76. The molecule has 0 aliphatic carbocycles. The molecule has 2 aliphatic rings. The minimum Gasteiger partial charge on any atom is -0.463 e. The van der Waals surface area contributed by atoms with Crippen molar-refractivity contribution in [1.29, 1.82) is 0 Å². The molecular weight excluding hydrogens is 769 g/mol. The van der Waals surface area contributed by atoms with E-state index in [9.17, 15) is 38.9 Å². The highest BCUT2D eigenvalue weighted by molar-refractivity contribution is 6.23. The lowest BCUT2D eigenvalue weighted by atomic mass is 10.00. The Hall–Kier alpha value is -7.29. The maximum absolute atomic E-state index is 13.1. The summed E-state index contributed by atoms with van der Waals surface area (Å²) in [5.41, 5.74) is 5.17. The lowest BCUT2D eigenvalue weighted by molar-refractivity contribution is -0.384. The Morgan fingerprint density at radius 2 is 1.48 bits per heavy atom. The molecule has 306 valence electrons. The summed E-state index contributed by atoms with van der Waals surface area (Å²) < 4.78 is 5.60. The molecule has 5 aromatic rings. The molecule has 3 aromatic carbocycles. The number of hydrogen-bond acceptors (Lipinski definition) is 10. The summed E-state index contributed by atoms with van der Waals surface area (Å²) in [6.07, 6.45) is 7.33. The van der Waals surface area contributed by atoms with Crippen LogP contribution >= 0.6 is 0 Å². The number of pyridine rings is 1. The first-order chi connectivity index (χ1) is 29.0. The number of non-ortho nitro benzene ring substituents is 1. The van der Waals surface area contributed by atoms with Crippen molar-refractivity contribution >= 4 is 41.1 Å². The molecule has 15 heteroatoms. The number of unbranched alkanes of at least 4 members (excludes halogenated alkanes) is 5. The number of fused-ring (bicyclic) bond motifs is 1.